The van der Waals surface area contributed by atoms with Crippen LogP contribution in [-0.2, 0) is 0 Å². The van der Waals surface area contributed by atoms with Gasteiger partial charge in [0.25, 0.3) is 0 Å². The average Bonchev–Trinajstić information content (AvgIpc) is 2.19. The van der Waals surface area contributed by atoms with E-state index in [2.05, 4.69) is 37.7 Å². The Morgan fingerprint density at radius 2 is 2.21 bits per heavy atom. The lowest BCUT2D eigenvalue weighted by Gasteiger charge is -2.30. The van der Waals surface area contributed by atoms with Crippen LogP contribution in [0.15, 0.2) is 16.9 Å². The summed E-state index contributed by atoms with van der Waals surface area (Å²) in [6.07, 6.45) is 3.60. The molecule has 14 heavy (non-hydrogen) atoms. The van der Waals surface area contributed by atoms with Crippen molar-refractivity contribution in [2.24, 2.45) is 0 Å². The van der Waals surface area contributed by atoms with Crippen LogP contribution in [0.5, 0.6) is 0 Å². The summed E-state index contributed by atoms with van der Waals surface area (Å²) in [7, 11) is 0. The van der Waals surface area contributed by atoms with Crippen LogP contribution in [0.2, 0.25) is 0 Å². The topological polar surface area (TPSA) is 29.0 Å². The van der Waals surface area contributed by atoms with Gasteiger partial charge in [-0.1, -0.05) is 6.92 Å². The van der Waals surface area contributed by atoms with Gasteiger partial charge < -0.3 is 4.90 Å². The van der Waals surface area contributed by atoms with Gasteiger partial charge in [-0.05, 0) is 15.9 Å². The van der Waals surface area contributed by atoms with E-state index in [9.17, 15) is 0 Å². The highest BCUT2D eigenvalue weighted by Crippen LogP contribution is 2.21. The van der Waals surface area contributed by atoms with E-state index in [0.717, 1.165) is 23.5 Å². The minimum absolute atomic E-state index is 0.677. The van der Waals surface area contributed by atoms with Crippen LogP contribution in [0.1, 0.15) is 6.92 Å². The first-order valence-electron chi connectivity index (χ1n) is 4.60. The molecule has 5 heteroatoms. The van der Waals surface area contributed by atoms with E-state index in [4.69, 9.17) is 0 Å². The molecule has 1 aromatic rings. The predicted molar refractivity (Wildman–Crippen MR) is 63.9 cm³/mol. The minimum Gasteiger partial charge on any atom is -0.339 e. The van der Waals surface area contributed by atoms with E-state index in [1.807, 2.05) is 11.8 Å². The van der Waals surface area contributed by atoms with Crippen molar-refractivity contribution in [1.82, 2.24) is 9.97 Å². The predicted octanol–water partition coefficient (Wildman–Crippen LogP) is 2.18. The Kier molecular flexibility index (Phi) is 3.28. The number of anilines is 1. The first kappa shape index (κ1) is 10.2. The van der Waals surface area contributed by atoms with Gasteiger partial charge in [0.05, 0.1) is 4.47 Å². The summed E-state index contributed by atoms with van der Waals surface area (Å²) in [5, 5.41) is 0.677. The molecule has 0 aromatic carbocycles. The summed E-state index contributed by atoms with van der Waals surface area (Å²) in [4.78, 5) is 10.8. The van der Waals surface area contributed by atoms with Crippen LogP contribution in [0.25, 0.3) is 0 Å². The molecule has 1 aliphatic rings. The SMILES string of the molecule is C[C@@H]1CN(c2ncc(Br)cn2)CCS1. The Hall–Kier alpha value is -0.290. The zero-order valence-electron chi connectivity index (χ0n) is 7.98. The molecule has 2 rings (SSSR count). The molecule has 3 nitrogen and oxygen atoms in total. The van der Waals surface area contributed by atoms with Crippen LogP contribution in [0.3, 0.4) is 0 Å². The van der Waals surface area contributed by atoms with Crippen molar-refractivity contribution in [1.29, 1.82) is 0 Å². The van der Waals surface area contributed by atoms with Crippen LogP contribution >= 0.6 is 27.7 Å². The number of thioether (sulfide) groups is 1. The van der Waals surface area contributed by atoms with Gasteiger partial charge in [-0.25, -0.2) is 9.97 Å². The monoisotopic (exact) mass is 273 g/mol. The normalized spacial score (nSPS) is 22.4. The molecule has 0 radical (unpaired) electrons. The van der Waals surface area contributed by atoms with E-state index in [1.54, 1.807) is 12.4 Å². The largest absolute Gasteiger partial charge is 0.339 e. The Balaban J connectivity index is 2.10. The minimum atomic E-state index is 0.677. The molecular formula is C9H12BrN3S. The van der Waals surface area contributed by atoms with Crippen molar-refractivity contribution < 1.29 is 0 Å². The van der Waals surface area contributed by atoms with Gasteiger partial charge in [0, 0.05) is 36.5 Å². The molecule has 2 heterocycles. The van der Waals surface area contributed by atoms with Gasteiger partial charge in [0.15, 0.2) is 0 Å². The fraction of sp³-hybridized carbons (Fsp3) is 0.556. The lowest BCUT2D eigenvalue weighted by molar-refractivity contribution is 0.754. The fourth-order valence-corrected chi connectivity index (χ4v) is 2.69. The van der Waals surface area contributed by atoms with Gasteiger partial charge in [-0.15, -0.1) is 0 Å². The van der Waals surface area contributed by atoms with E-state index >= 15 is 0 Å². The lowest BCUT2D eigenvalue weighted by Crippen LogP contribution is -2.37. The highest BCUT2D eigenvalue weighted by Gasteiger charge is 2.18. The summed E-state index contributed by atoms with van der Waals surface area (Å²) in [6.45, 7) is 4.35. The number of hydrogen-bond acceptors (Lipinski definition) is 4. The second-order valence-electron chi connectivity index (χ2n) is 3.33. The van der Waals surface area contributed by atoms with Crippen LogP contribution in [0.4, 0.5) is 5.95 Å². The highest BCUT2D eigenvalue weighted by molar-refractivity contribution is 9.10. The molecule has 1 aromatic heterocycles. The quantitative estimate of drug-likeness (QED) is 0.785. The molecule has 1 fully saturated rings. The van der Waals surface area contributed by atoms with E-state index in [-0.39, 0.29) is 0 Å². The van der Waals surface area contributed by atoms with E-state index in [1.165, 1.54) is 5.75 Å². The maximum absolute atomic E-state index is 4.30. The first-order valence-corrected chi connectivity index (χ1v) is 6.44. The Morgan fingerprint density at radius 1 is 1.50 bits per heavy atom. The van der Waals surface area contributed by atoms with Crippen molar-refractivity contribution in [2.45, 2.75) is 12.2 Å². The molecule has 0 aliphatic carbocycles. The molecule has 0 N–H and O–H groups in total. The molecule has 0 bridgehead atoms. The fourth-order valence-electron chi connectivity index (χ4n) is 1.47. The summed E-state index contributed by atoms with van der Waals surface area (Å²) < 4.78 is 0.931. The van der Waals surface area contributed by atoms with Gasteiger partial charge in [0.1, 0.15) is 0 Å². The molecular weight excluding hydrogens is 262 g/mol. The van der Waals surface area contributed by atoms with Crippen LogP contribution in [0, 0.1) is 0 Å². The summed E-state index contributed by atoms with van der Waals surface area (Å²) in [6, 6.07) is 0. The van der Waals surface area contributed by atoms with Crippen molar-refractivity contribution in [2.75, 3.05) is 23.7 Å². The number of halogens is 1. The molecule has 76 valence electrons. The third-order valence-electron chi connectivity index (χ3n) is 2.13. The Labute approximate surface area is 96.4 Å². The molecule has 0 unspecified atom stereocenters. The van der Waals surface area contributed by atoms with Crippen molar-refractivity contribution in [3.63, 3.8) is 0 Å². The molecule has 0 amide bonds. The third kappa shape index (κ3) is 2.39. The summed E-state index contributed by atoms with van der Waals surface area (Å²) in [5.41, 5.74) is 0. The zero-order chi connectivity index (χ0) is 9.97. The summed E-state index contributed by atoms with van der Waals surface area (Å²) in [5.74, 6) is 2.01. The Bertz CT molecular complexity index is 303. The van der Waals surface area contributed by atoms with Crippen molar-refractivity contribution >= 4 is 33.6 Å². The smallest absolute Gasteiger partial charge is 0.225 e. The zero-order valence-corrected chi connectivity index (χ0v) is 10.4. The average molecular weight is 274 g/mol. The number of hydrogen-bond donors (Lipinski definition) is 0. The van der Waals surface area contributed by atoms with Gasteiger partial charge in [0.2, 0.25) is 5.95 Å². The van der Waals surface area contributed by atoms with Gasteiger partial charge in [-0.3, -0.25) is 0 Å². The number of nitrogens with zero attached hydrogens (tertiary/aromatic N) is 3. The highest BCUT2D eigenvalue weighted by atomic mass is 79.9. The number of rotatable bonds is 1. The molecule has 0 spiro atoms. The lowest BCUT2D eigenvalue weighted by atomic mass is 10.4. The van der Waals surface area contributed by atoms with E-state index in [0.29, 0.717) is 5.25 Å². The van der Waals surface area contributed by atoms with Crippen molar-refractivity contribution in [3.05, 3.63) is 16.9 Å². The molecule has 1 aliphatic heterocycles. The second-order valence-corrected chi connectivity index (χ2v) is 5.79. The third-order valence-corrected chi connectivity index (χ3v) is 3.68. The standard InChI is InChI=1S/C9H12BrN3S/c1-7-6-13(2-3-14-7)9-11-4-8(10)5-12-9/h4-5,7H,2-3,6H2,1H3/t7-/m1/s1. The second kappa shape index (κ2) is 4.49. The van der Waals surface area contributed by atoms with Crippen LogP contribution in [-0.4, -0.2) is 34.1 Å². The van der Waals surface area contributed by atoms with Gasteiger partial charge >= 0.3 is 0 Å². The molecule has 0 saturated carbocycles. The first-order chi connectivity index (χ1) is 6.75. The maximum atomic E-state index is 4.30. The maximum Gasteiger partial charge on any atom is 0.225 e. The number of aromatic nitrogens is 2. The Morgan fingerprint density at radius 3 is 2.86 bits per heavy atom. The van der Waals surface area contributed by atoms with Crippen LogP contribution < -0.4 is 4.90 Å². The van der Waals surface area contributed by atoms with E-state index < -0.39 is 0 Å². The van der Waals surface area contributed by atoms with Gasteiger partial charge in [-0.2, -0.15) is 11.8 Å². The molecule has 1 atom stereocenters. The van der Waals surface area contributed by atoms with Crippen molar-refractivity contribution in [3.8, 4) is 0 Å². The summed E-state index contributed by atoms with van der Waals surface area (Å²) >= 11 is 5.35. The molecule has 1 saturated heterocycles.